The van der Waals surface area contributed by atoms with Crippen molar-refractivity contribution in [2.75, 3.05) is 18.5 Å². The van der Waals surface area contributed by atoms with Gasteiger partial charge in [0.1, 0.15) is 0 Å². The first-order chi connectivity index (χ1) is 10.1. The summed E-state index contributed by atoms with van der Waals surface area (Å²) in [7, 11) is 1.22. The Morgan fingerprint density at radius 3 is 2.00 bits per heavy atom. The van der Waals surface area contributed by atoms with E-state index in [1.54, 1.807) is 6.07 Å². The molecule has 0 aromatic heterocycles. The van der Waals surface area contributed by atoms with Gasteiger partial charge in [0.15, 0.2) is 5.69 Å². The molecule has 8 nitrogen and oxygen atoms in total. The van der Waals surface area contributed by atoms with Gasteiger partial charge in [-0.3, -0.25) is 20.2 Å². The van der Waals surface area contributed by atoms with Crippen LogP contribution in [0, 0.1) is 31.6 Å². The lowest BCUT2D eigenvalue weighted by atomic mass is 10.1. The Morgan fingerprint density at radius 1 is 1.23 bits per heavy atom. The molecular weight excluding hydrogens is 309 g/mol. The third-order valence-corrected chi connectivity index (χ3v) is 2.73. The molecule has 0 radical (unpaired) electrons. The summed E-state index contributed by atoms with van der Waals surface area (Å²) >= 11 is 0. The smallest absolute Gasteiger partial charge is 0.362 e. The Bertz CT molecular complexity index is 619. The lowest BCUT2D eigenvalue weighted by Crippen LogP contribution is -2.21. The number of anilines is 1. The first-order valence-corrected chi connectivity index (χ1v) is 5.71. The second-order valence-electron chi connectivity index (χ2n) is 4.20. The average Bonchev–Trinajstić information content (AvgIpc) is 2.41. The largest absolute Gasteiger partial charge is 0.416 e. The SMILES string of the molecule is CN(CCC#N)c1c([N+](=O)[O-])cc(C(F)(F)F)cc1[N+](=O)[O-]. The van der Waals surface area contributed by atoms with Crippen LogP contribution in [0.25, 0.3) is 0 Å². The Hall–Kier alpha value is -2.90. The Morgan fingerprint density at radius 2 is 1.68 bits per heavy atom. The van der Waals surface area contributed by atoms with Gasteiger partial charge in [-0.2, -0.15) is 18.4 Å². The highest BCUT2D eigenvalue weighted by Gasteiger charge is 2.38. The molecule has 0 spiro atoms. The van der Waals surface area contributed by atoms with Gasteiger partial charge in [0, 0.05) is 25.7 Å². The number of halogens is 3. The van der Waals surface area contributed by atoms with Gasteiger partial charge in [0.2, 0.25) is 0 Å². The summed E-state index contributed by atoms with van der Waals surface area (Å²) in [6.45, 7) is -0.108. The number of nitro benzene ring substituents is 2. The highest BCUT2D eigenvalue weighted by molar-refractivity contribution is 5.76. The fraction of sp³-hybridized carbons (Fsp3) is 0.364. The number of hydrogen-bond acceptors (Lipinski definition) is 6. The summed E-state index contributed by atoms with van der Waals surface area (Å²) in [5.74, 6) is 0. The molecule has 0 atom stereocenters. The van der Waals surface area contributed by atoms with Crippen molar-refractivity contribution in [3.8, 4) is 6.07 Å². The molecule has 0 saturated heterocycles. The zero-order valence-electron chi connectivity index (χ0n) is 11.1. The van der Waals surface area contributed by atoms with Gasteiger partial charge in [0.05, 0.1) is 27.9 Å². The minimum Gasteiger partial charge on any atom is -0.362 e. The maximum Gasteiger partial charge on any atom is 0.416 e. The first-order valence-electron chi connectivity index (χ1n) is 5.71. The summed E-state index contributed by atoms with van der Waals surface area (Å²) in [5, 5.41) is 30.4. The number of hydrogen-bond donors (Lipinski definition) is 0. The predicted molar refractivity (Wildman–Crippen MR) is 68.3 cm³/mol. The molecule has 1 rings (SSSR count). The molecule has 0 bridgehead atoms. The molecule has 0 saturated carbocycles. The average molecular weight is 318 g/mol. The topological polar surface area (TPSA) is 113 Å². The number of nitro groups is 2. The van der Waals surface area contributed by atoms with Gasteiger partial charge in [-0.25, -0.2) is 0 Å². The summed E-state index contributed by atoms with van der Waals surface area (Å²) in [6.07, 6.45) is -5.06. The maximum absolute atomic E-state index is 12.7. The minimum absolute atomic E-state index is 0.105. The Kier molecular flexibility index (Phi) is 4.87. The van der Waals surface area contributed by atoms with E-state index in [0.717, 1.165) is 4.90 Å². The Balaban J connectivity index is 3.62. The van der Waals surface area contributed by atoms with Crippen molar-refractivity contribution in [3.05, 3.63) is 37.9 Å². The van der Waals surface area contributed by atoms with Crippen LogP contribution in [-0.4, -0.2) is 23.4 Å². The van der Waals surface area contributed by atoms with Gasteiger partial charge in [0.25, 0.3) is 11.4 Å². The van der Waals surface area contributed by atoms with Crippen molar-refractivity contribution in [2.24, 2.45) is 0 Å². The molecule has 0 N–H and O–H groups in total. The van der Waals surface area contributed by atoms with Crippen LogP contribution in [0.2, 0.25) is 0 Å². The maximum atomic E-state index is 12.7. The molecule has 0 aliphatic rings. The van der Waals surface area contributed by atoms with Crippen LogP contribution in [0.15, 0.2) is 12.1 Å². The molecule has 118 valence electrons. The third-order valence-electron chi connectivity index (χ3n) is 2.73. The van der Waals surface area contributed by atoms with Crippen LogP contribution in [0.5, 0.6) is 0 Å². The molecule has 0 heterocycles. The van der Waals surface area contributed by atoms with Crippen LogP contribution in [0.4, 0.5) is 30.2 Å². The molecule has 0 amide bonds. The van der Waals surface area contributed by atoms with Crippen molar-refractivity contribution in [3.63, 3.8) is 0 Å². The highest BCUT2D eigenvalue weighted by atomic mass is 19.4. The zero-order valence-corrected chi connectivity index (χ0v) is 11.1. The normalized spacial score (nSPS) is 10.9. The van der Waals surface area contributed by atoms with Gasteiger partial charge in [-0.1, -0.05) is 0 Å². The quantitative estimate of drug-likeness (QED) is 0.609. The van der Waals surface area contributed by atoms with E-state index in [4.69, 9.17) is 5.26 Å². The van der Waals surface area contributed by atoms with E-state index in [9.17, 15) is 33.4 Å². The summed E-state index contributed by atoms with van der Waals surface area (Å²) < 4.78 is 38.1. The van der Waals surface area contributed by atoms with Crippen LogP contribution < -0.4 is 4.90 Å². The van der Waals surface area contributed by atoms with E-state index in [2.05, 4.69) is 0 Å². The number of nitriles is 1. The van der Waals surface area contributed by atoms with E-state index in [-0.39, 0.29) is 25.1 Å². The molecule has 22 heavy (non-hydrogen) atoms. The van der Waals surface area contributed by atoms with Gasteiger partial charge in [-0.05, 0) is 0 Å². The monoisotopic (exact) mass is 318 g/mol. The molecule has 1 aromatic rings. The fourth-order valence-corrected chi connectivity index (χ4v) is 1.77. The van der Waals surface area contributed by atoms with E-state index in [1.807, 2.05) is 0 Å². The van der Waals surface area contributed by atoms with Crippen molar-refractivity contribution in [1.82, 2.24) is 0 Å². The molecule has 1 aromatic carbocycles. The van der Waals surface area contributed by atoms with Crippen molar-refractivity contribution in [2.45, 2.75) is 12.6 Å². The molecule has 0 aliphatic heterocycles. The van der Waals surface area contributed by atoms with Crippen LogP contribution in [0.3, 0.4) is 0 Å². The van der Waals surface area contributed by atoms with E-state index in [0.29, 0.717) is 0 Å². The van der Waals surface area contributed by atoms with Gasteiger partial charge in [-0.15, -0.1) is 0 Å². The van der Waals surface area contributed by atoms with Crippen LogP contribution in [-0.2, 0) is 6.18 Å². The van der Waals surface area contributed by atoms with E-state index < -0.39 is 38.6 Å². The minimum atomic E-state index is -4.96. The number of benzene rings is 1. The fourth-order valence-electron chi connectivity index (χ4n) is 1.77. The summed E-state index contributed by atoms with van der Waals surface area (Å²) in [6, 6.07) is 2.22. The lowest BCUT2D eigenvalue weighted by molar-refractivity contribution is -0.393. The second kappa shape index (κ2) is 6.25. The Labute approximate surface area is 121 Å². The summed E-state index contributed by atoms with van der Waals surface area (Å²) in [5.41, 5.74) is -4.13. The van der Waals surface area contributed by atoms with Gasteiger partial charge >= 0.3 is 6.18 Å². The van der Waals surface area contributed by atoms with E-state index in [1.165, 1.54) is 7.05 Å². The molecule has 0 fully saturated rings. The third kappa shape index (κ3) is 3.60. The van der Waals surface area contributed by atoms with Crippen molar-refractivity contribution in [1.29, 1.82) is 5.26 Å². The van der Waals surface area contributed by atoms with Gasteiger partial charge < -0.3 is 4.90 Å². The molecule has 0 unspecified atom stereocenters. The summed E-state index contributed by atoms with van der Waals surface area (Å²) in [4.78, 5) is 20.7. The van der Waals surface area contributed by atoms with Crippen molar-refractivity contribution >= 4 is 17.1 Å². The van der Waals surface area contributed by atoms with Crippen LogP contribution >= 0.6 is 0 Å². The lowest BCUT2D eigenvalue weighted by Gasteiger charge is -2.18. The zero-order chi connectivity index (χ0) is 17.1. The standard InChI is InChI=1S/C11H9F3N4O4/c1-16(4-2-3-15)10-8(17(19)20)5-7(11(12,13)14)6-9(10)18(21)22/h5-6H,2,4H2,1H3. The van der Waals surface area contributed by atoms with Crippen LogP contribution in [0.1, 0.15) is 12.0 Å². The first kappa shape index (κ1) is 17.2. The molecular formula is C11H9F3N4O4. The highest BCUT2D eigenvalue weighted by Crippen LogP contribution is 2.42. The predicted octanol–water partition coefficient (Wildman–Crippen LogP) is 2.87. The molecule has 11 heteroatoms. The second-order valence-corrected chi connectivity index (χ2v) is 4.20. The number of rotatable bonds is 5. The van der Waals surface area contributed by atoms with Crippen molar-refractivity contribution < 1.29 is 23.0 Å². The number of alkyl halides is 3. The van der Waals surface area contributed by atoms with E-state index >= 15 is 0 Å². The molecule has 0 aliphatic carbocycles. The number of nitrogens with zero attached hydrogens (tertiary/aromatic N) is 4.